The van der Waals surface area contributed by atoms with Crippen LogP contribution in [0.15, 0.2) is 48.8 Å². The van der Waals surface area contributed by atoms with Gasteiger partial charge in [0.25, 0.3) is 0 Å². The molecule has 9 nitrogen and oxygen atoms in total. The summed E-state index contributed by atoms with van der Waals surface area (Å²) >= 11 is 6.80. The van der Waals surface area contributed by atoms with Crippen LogP contribution in [0.3, 0.4) is 0 Å². The van der Waals surface area contributed by atoms with Crippen molar-refractivity contribution >= 4 is 43.6 Å². The number of hydrogen-bond donors (Lipinski definition) is 2. The molecule has 1 unspecified atom stereocenters. The first-order valence-corrected chi connectivity index (χ1v) is 16.1. The molecule has 1 saturated carbocycles. The van der Waals surface area contributed by atoms with Crippen LogP contribution in [-0.4, -0.2) is 56.9 Å². The van der Waals surface area contributed by atoms with Crippen LogP contribution in [0.25, 0.3) is 10.9 Å². The molecule has 1 aliphatic rings. The van der Waals surface area contributed by atoms with E-state index in [4.69, 9.17) is 19.4 Å². The molecule has 13 heteroatoms. The van der Waals surface area contributed by atoms with Gasteiger partial charge in [0.1, 0.15) is 11.9 Å². The zero-order chi connectivity index (χ0) is 31.2. The summed E-state index contributed by atoms with van der Waals surface area (Å²) in [5, 5.41) is 18.5. The van der Waals surface area contributed by atoms with Gasteiger partial charge in [0.2, 0.25) is 0 Å². The lowest BCUT2D eigenvalue weighted by Crippen LogP contribution is -2.35. The van der Waals surface area contributed by atoms with Gasteiger partial charge in [-0.15, -0.1) is 5.10 Å². The van der Waals surface area contributed by atoms with Gasteiger partial charge in [-0.25, -0.2) is 9.07 Å². The van der Waals surface area contributed by atoms with Gasteiger partial charge in [-0.05, 0) is 60.1 Å². The molecule has 2 heterocycles. The van der Waals surface area contributed by atoms with E-state index in [0.717, 1.165) is 12.8 Å². The number of benzene rings is 2. The van der Waals surface area contributed by atoms with Crippen LogP contribution in [0.4, 0.5) is 10.1 Å². The van der Waals surface area contributed by atoms with Crippen LogP contribution >= 0.6 is 19.2 Å². The number of pyridine rings is 1. The Morgan fingerprint density at radius 3 is 2.53 bits per heavy atom. The van der Waals surface area contributed by atoms with Crippen LogP contribution in [0.2, 0.25) is 5.02 Å². The molecule has 0 aliphatic heterocycles. The monoisotopic (exact) mass is 620 g/mol. The fourth-order valence-corrected chi connectivity index (χ4v) is 6.12. The third kappa shape index (κ3) is 7.10. The van der Waals surface area contributed by atoms with E-state index in [1.165, 1.54) is 18.3 Å². The van der Waals surface area contributed by atoms with Crippen molar-refractivity contribution in [3.05, 3.63) is 82.0 Å². The number of anilines is 1. The number of fused-ring (bicyclic) bond motifs is 1. The highest BCUT2D eigenvalue weighted by Gasteiger charge is 2.35. The highest BCUT2D eigenvalue weighted by atomic mass is 35.5. The molecule has 222 valence electrons. The largest absolute Gasteiger partial charge is 0.369 e. The quantitative estimate of drug-likeness (QED) is 0.175. The van der Waals surface area contributed by atoms with Gasteiger partial charge >= 0.3 is 7.60 Å². The average Bonchev–Trinajstić information content (AvgIpc) is 3.65. The summed E-state index contributed by atoms with van der Waals surface area (Å²) in [7, 11) is 2.80. The average molecular weight is 621 g/mol. The standard InChI is InChI=1S/C30H32BClFN6O3P/c1-29(2,3)18-38(10-11-43(40,41)42)28-20(15-34)16-35-27-24(28)12-19(13-25(27)32)14-30(31,21-4-6-22(33)7-5-21)26-17-39(37-36-26)23-8-9-23/h4-7,12-13,16-17,23H,8-11,14,18H2,1-3H3,(H2,40,41,42). The highest BCUT2D eigenvalue weighted by molar-refractivity contribution is 7.51. The topological polar surface area (TPSA) is 128 Å². The Labute approximate surface area is 256 Å². The maximum atomic E-state index is 13.9. The number of rotatable bonds is 10. The van der Waals surface area contributed by atoms with Crippen molar-refractivity contribution in [1.82, 2.24) is 20.0 Å². The fourth-order valence-electron chi connectivity index (χ4n) is 5.33. The van der Waals surface area contributed by atoms with E-state index in [9.17, 15) is 24.0 Å². The molecule has 2 N–H and O–H groups in total. The first-order chi connectivity index (χ1) is 20.2. The lowest BCUT2D eigenvalue weighted by molar-refractivity contribution is 0.369. The lowest BCUT2D eigenvalue weighted by atomic mass is 9.59. The molecule has 0 bridgehead atoms. The molecule has 2 radical (unpaired) electrons. The van der Waals surface area contributed by atoms with Gasteiger partial charge in [-0.2, -0.15) is 5.26 Å². The maximum Gasteiger partial charge on any atom is 0.327 e. The summed E-state index contributed by atoms with van der Waals surface area (Å²) in [6, 6.07) is 12.0. The number of aromatic nitrogens is 4. The summed E-state index contributed by atoms with van der Waals surface area (Å²) in [5.41, 5.74) is 2.76. The molecule has 1 aliphatic carbocycles. The van der Waals surface area contributed by atoms with Crippen molar-refractivity contribution in [2.75, 3.05) is 24.2 Å². The minimum Gasteiger partial charge on any atom is -0.369 e. The van der Waals surface area contributed by atoms with Gasteiger partial charge in [0.05, 0.1) is 47.5 Å². The Balaban J connectivity index is 1.66. The molecule has 4 aromatic rings. The van der Waals surface area contributed by atoms with Gasteiger partial charge < -0.3 is 14.7 Å². The minimum atomic E-state index is -4.33. The number of halogens is 2. The summed E-state index contributed by atoms with van der Waals surface area (Å²) < 4.78 is 27.6. The van der Waals surface area contributed by atoms with Crippen molar-refractivity contribution in [2.45, 2.75) is 51.4 Å². The second-order valence-corrected chi connectivity index (χ2v) is 14.6. The van der Waals surface area contributed by atoms with E-state index in [0.29, 0.717) is 45.0 Å². The third-order valence-corrected chi connectivity index (χ3v) is 8.52. The number of nitrogens with zero attached hydrogens (tertiary/aromatic N) is 6. The van der Waals surface area contributed by atoms with E-state index in [1.807, 2.05) is 37.9 Å². The summed E-state index contributed by atoms with van der Waals surface area (Å²) in [6.07, 6.45) is 5.10. The number of hydrogen-bond acceptors (Lipinski definition) is 6. The van der Waals surface area contributed by atoms with Crippen LogP contribution in [0, 0.1) is 22.6 Å². The van der Waals surface area contributed by atoms with E-state index < -0.39 is 24.9 Å². The van der Waals surface area contributed by atoms with E-state index in [-0.39, 0.29) is 30.0 Å². The normalized spacial score (nSPS) is 15.3. The van der Waals surface area contributed by atoms with Crippen molar-refractivity contribution in [2.24, 2.45) is 5.41 Å². The molecule has 2 aromatic carbocycles. The van der Waals surface area contributed by atoms with Crippen molar-refractivity contribution in [3.8, 4) is 6.07 Å². The molecule has 0 spiro atoms. The van der Waals surface area contributed by atoms with Crippen LogP contribution in [0.5, 0.6) is 0 Å². The van der Waals surface area contributed by atoms with Crippen molar-refractivity contribution < 1.29 is 18.7 Å². The smallest absolute Gasteiger partial charge is 0.327 e. The fraction of sp³-hybridized carbons (Fsp3) is 0.400. The predicted octanol–water partition coefficient (Wildman–Crippen LogP) is 5.51. The second kappa shape index (κ2) is 11.7. The van der Waals surface area contributed by atoms with E-state index in [2.05, 4.69) is 21.4 Å². The van der Waals surface area contributed by atoms with E-state index >= 15 is 0 Å². The predicted molar refractivity (Wildman–Crippen MR) is 165 cm³/mol. The molecule has 1 fully saturated rings. The maximum absolute atomic E-state index is 13.9. The molecule has 2 aromatic heterocycles. The molecule has 43 heavy (non-hydrogen) atoms. The van der Waals surface area contributed by atoms with Crippen LogP contribution < -0.4 is 4.90 Å². The summed E-state index contributed by atoms with van der Waals surface area (Å²) in [6.45, 7) is 6.43. The molecule has 0 saturated heterocycles. The molecular formula is C30H32BClFN6O3P. The molecule has 1 atom stereocenters. The first kappa shape index (κ1) is 31.1. The van der Waals surface area contributed by atoms with Crippen LogP contribution in [-0.2, 0) is 16.3 Å². The molecule has 5 rings (SSSR count). The first-order valence-electron chi connectivity index (χ1n) is 13.9. The number of nitriles is 1. The molecule has 0 amide bonds. The lowest BCUT2D eigenvalue weighted by Gasteiger charge is -2.33. The minimum absolute atomic E-state index is 0.0118. The second-order valence-electron chi connectivity index (χ2n) is 12.4. The zero-order valence-corrected chi connectivity index (χ0v) is 25.9. The highest BCUT2D eigenvalue weighted by Crippen LogP contribution is 2.41. The Kier molecular flexibility index (Phi) is 8.45. The van der Waals surface area contributed by atoms with Crippen molar-refractivity contribution in [1.29, 1.82) is 5.26 Å². The third-order valence-electron chi connectivity index (χ3n) is 7.45. The van der Waals surface area contributed by atoms with Gasteiger partial charge in [-0.3, -0.25) is 9.55 Å². The van der Waals surface area contributed by atoms with Gasteiger partial charge in [0.15, 0.2) is 0 Å². The van der Waals surface area contributed by atoms with Gasteiger partial charge in [0, 0.05) is 36.2 Å². The van der Waals surface area contributed by atoms with Gasteiger partial charge in [-0.1, -0.05) is 49.7 Å². The Morgan fingerprint density at radius 2 is 1.93 bits per heavy atom. The summed E-state index contributed by atoms with van der Waals surface area (Å²) in [4.78, 5) is 25.6. The SMILES string of the molecule is [B]C(Cc1cc(Cl)c2ncc(C#N)c(N(CCP(=O)(O)O)CC(C)(C)C)c2c1)(c1ccc(F)cc1)c1cn(C2CC2)nn1. The Bertz CT molecular complexity index is 1750. The van der Waals surface area contributed by atoms with Crippen molar-refractivity contribution in [3.63, 3.8) is 0 Å². The molecular weight excluding hydrogens is 589 g/mol. The summed E-state index contributed by atoms with van der Waals surface area (Å²) in [5.74, 6) is -0.393. The van der Waals surface area contributed by atoms with Crippen LogP contribution in [0.1, 0.15) is 62.0 Å². The Hall–Kier alpha value is -3.29. The van der Waals surface area contributed by atoms with E-state index in [1.54, 1.807) is 22.9 Å². The Morgan fingerprint density at radius 1 is 1.23 bits per heavy atom. The zero-order valence-electron chi connectivity index (χ0n) is 24.2.